The zero-order chi connectivity index (χ0) is 15.5. The maximum Gasteiger partial charge on any atom is 0.243 e. The summed E-state index contributed by atoms with van der Waals surface area (Å²) in [6.07, 6.45) is 0. The lowest BCUT2D eigenvalue weighted by Crippen LogP contribution is -2.50. The standard InChI is InChI=1S/C14H25N3O2S2/c1-4-15-10-13-9-14(11-20-13)21(18,19)17-7-5-16(6-8-17)12(2)3/h9,11-12,15H,4-8,10H2,1-3H3. The van der Waals surface area contributed by atoms with Crippen molar-refractivity contribution in [1.82, 2.24) is 14.5 Å². The van der Waals surface area contributed by atoms with Crippen LogP contribution in [0.1, 0.15) is 25.6 Å². The van der Waals surface area contributed by atoms with Gasteiger partial charge in [-0.2, -0.15) is 4.31 Å². The molecule has 1 aromatic rings. The Morgan fingerprint density at radius 3 is 2.52 bits per heavy atom. The van der Waals surface area contributed by atoms with Crippen LogP contribution in [0.25, 0.3) is 0 Å². The van der Waals surface area contributed by atoms with E-state index in [0.29, 0.717) is 24.0 Å². The Bertz CT molecular complexity index is 546. The number of thiophene rings is 1. The number of nitrogens with zero attached hydrogens (tertiary/aromatic N) is 2. The van der Waals surface area contributed by atoms with Crippen LogP contribution >= 0.6 is 11.3 Å². The molecule has 0 atom stereocenters. The van der Waals surface area contributed by atoms with E-state index >= 15 is 0 Å². The SMILES string of the molecule is CCNCc1cc(S(=O)(=O)N2CCN(C(C)C)CC2)cs1. The van der Waals surface area contributed by atoms with E-state index in [4.69, 9.17) is 0 Å². The molecule has 120 valence electrons. The van der Waals surface area contributed by atoms with Crippen molar-refractivity contribution >= 4 is 21.4 Å². The molecule has 0 aliphatic carbocycles. The number of hydrogen-bond acceptors (Lipinski definition) is 5. The summed E-state index contributed by atoms with van der Waals surface area (Å²) in [5.74, 6) is 0. The number of hydrogen-bond donors (Lipinski definition) is 1. The highest BCUT2D eigenvalue weighted by molar-refractivity contribution is 7.89. The van der Waals surface area contributed by atoms with Crippen LogP contribution in [0.15, 0.2) is 16.3 Å². The minimum absolute atomic E-state index is 0.443. The fourth-order valence-electron chi connectivity index (χ4n) is 2.45. The summed E-state index contributed by atoms with van der Waals surface area (Å²) < 4.78 is 26.9. The third-order valence-corrected chi connectivity index (χ3v) is 6.78. The highest BCUT2D eigenvalue weighted by Gasteiger charge is 2.29. The molecule has 1 aromatic heterocycles. The molecule has 5 nitrogen and oxygen atoms in total. The monoisotopic (exact) mass is 331 g/mol. The third kappa shape index (κ3) is 4.04. The molecule has 0 bridgehead atoms. The van der Waals surface area contributed by atoms with Crippen LogP contribution in [0.4, 0.5) is 0 Å². The third-order valence-electron chi connectivity index (χ3n) is 3.82. The van der Waals surface area contributed by atoms with Crippen LogP contribution in [0, 0.1) is 0 Å². The maximum absolute atomic E-state index is 12.6. The van der Waals surface area contributed by atoms with Crippen molar-refractivity contribution in [3.63, 3.8) is 0 Å². The summed E-state index contributed by atoms with van der Waals surface area (Å²) >= 11 is 1.51. The molecule has 0 spiro atoms. The number of piperazine rings is 1. The molecule has 1 aliphatic rings. The lowest BCUT2D eigenvalue weighted by Gasteiger charge is -2.36. The van der Waals surface area contributed by atoms with E-state index < -0.39 is 10.0 Å². The summed E-state index contributed by atoms with van der Waals surface area (Å²) in [6.45, 7) is 10.7. The van der Waals surface area contributed by atoms with Crippen molar-refractivity contribution in [2.75, 3.05) is 32.7 Å². The Kier molecular flexibility index (Phi) is 5.79. The highest BCUT2D eigenvalue weighted by atomic mass is 32.2. The van der Waals surface area contributed by atoms with Gasteiger partial charge in [0.25, 0.3) is 0 Å². The number of rotatable bonds is 6. The Morgan fingerprint density at radius 1 is 1.29 bits per heavy atom. The van der Waals surface area contributed by atoms with E-state index in [2.05, 4.69) is 24.1 Å². The molecular formula is C14H25N3O2S2. The zero-order valence-electron chi connectivity index (χ0n) is 13.0. The van der Waals surface area contributed by atoms with E-state index in [1.165, 1.54) is 11.3 Å². The van der Waals surface area contributed by atoms with Gasteiger partial charge in [0.2, 0.25) is 10.0 Å². The summed E-state index contributed by atoms with van der Waals surface area (Å²) in [5.41, 5.74) is 0. The predicted molar refractivity (Wildman–Crippen MR) is 87.2 cm³/mol. The van der Waals surface area contributed by atoms with E-state index in [1.807, 2.05) is 6.92 Å². The molecule has 0 radical (unpaired) electrons. The molecule has 7 heteroatoms. The minimum atomic E-state index is -3.33. The predicted octanol–water partition coefficient (Wildman–Crippen LogP) is 1.57. The first-order valence-corrected chi connectivity index (χ1v) is 9.79. The van der Waals surface area contributed by atoms with Crippen molar-refractivity contribution in [3.05, 3.63) is 16.3 Å². The second-order valence-electron chi connectivity index (χ2n) is 5.56. The molecule has 21 heavy (non-hydrogen) atoms. The minimum Gasteiger partial charge on any atom is -0.312 e. The van der Waals surface area contributed by atoms with E-state index in [0.717, 1.165) is 31.1 Å². The fourth-order valence-corrected chi connectivity index (χ4v) is 5.10. The summed E-state index contributed by atoms with van der Waals surface area (Å²) in [4.78, 5) is 3.82. The quantitative estimate of drug-likeness (QED) is 0.860. The van der Waals surface area contributed by atoms with Crippen LogP contribution < -0.4 is 5.32 Å². The average molecular weight is 332 g/mol. The highest BCUT2D eigenvalue weighted by Crippen LogP contribution is 2.23. The largest absolute Gasteiger partial charge is 0.312 e. The van der Waals surface area contributed by atoms with Crippen LogP contribution in [0.3, 0.4) is 0 Å². The van der Waals surface area contributed by atoms with Crippen LogP contribution in [0.2, 0.25) is 0 Å². The Balaban J connectivity index is 2.03. The molecule has 2 heterocycles. The molecular weight excluding hydrogens is 306 g/mol. The Labute approximate surface area is 132 Å². The average Bonchev–Trinajstić information content (AvgIpc) is 2.94. The number of nitrogens with one attached hydrogen (secondary N) is 1. The van der Waals surface area contributed by atoms with E-state index in [9.17, 15) is 8.42 Å². The Morgan fingerprint density at radius 2 is 1.95 bits per heavy atom. The summed E-state index contributed by atoms with van der Waals surface area (Å²) in [7, 11) is -3.33. The molecule has 0 unspecified atom stereocenters. The molecule has 1 aliphatic heterocycles. The van der Waals surface area contributed by atoms with E-state index in [1.54, 1.807) is 15.8 Å². The van der Waals surface area contributed by atoms with Gasteiger partial charge in [0.15, 0.2) is 0 Å². The molecule has 1 saturated heterocycles. The van der Waals surface area contributed by atoms with Gasteiger partial charge < -0.3 is 5.32 Å². The maximum atomic E-state index is 12.6. The van der Waals surface area contributed by atoms with Crippen LogP contribution in [-0.4, -0.2) is 56.4 Å². The molecule has 1 N–H and O–H groups in total. The lowest BCUT2D eigenvalue weighted by atomic mass is 10.3. The van der Waals surface area contributed by atoms with E-state index in [-0.39, 0.29) is 0 Å². The van der Waals surface area contributed by atoms with Gasteiger partial charge in [0.1, 0.15) is 0 Å². The normalized spacial score (nSPS) is 18.5. The van der Waals surface area contributed by atoms with Crippen LogP contribution in [-0.2, 0) is 16.6 Å². The second kappa shape index (κ2) is 7.19. The zero-order valence-corrected chi connectivity index (χ0v) is 14.6. The van der Waals surface area contributed by atoms with Crippen molar-refractivity contribution in [1.29, 1.82) is 0 Å². The first-order chi connectivity index (χ1) is 9.95. The van der Waals surface area contributed by atoms with Crippen molar-refractivity contribution < 1.29 is 8.42 Å². The molecule has 1 fully saturated rings. The van der Waals surface area contributed by atoms with Crippen LogP contribution in [0.5, 0.6) is 0 Å². The fraction of sp³-hybridized carbons (Fsp3) is 0.714. The molecule has 2 rings (SSSR count). The lowest BCUT2D eigenvalue weighted by molar-refractivity contribution is 0.154. The second-order valence-corrected chi connectivity index (χ2v) is 8.50. The van der Waals surface area contributed by atoms with Gasteiger partial charge in [-0.3, -0.25) is 4.90 Å². The first-order valence-electron chi connectivity index (χ1n) is 7.47. The molecule has 0 saturated carbocycles. The summed E-state index contributed by atoms with van der Waals surface area (Å²) in [5, 5.41) is 4.98. The summed E-state index contributed by atoms with van der Waals surface area (Å²) in [6, 6.07) is 2.28. The molecule has 0 amide bonds. The first kappa shape index (κ1) is 16.9. The Hall–Kier alpha value is -0.470. The topological polar surface area (TPSA) is 52.7 Å². The van der Waals surface area contributed by atoms with Gasteiger partial charge in [-0.05, 0) is 26.5 Å². The van der Waals surface area contributed by atoms with Gasteiger partial charge in [-0.15, -0.1) is 11.3 Å². The van der Waals surface area contributed by atoms with Crippen molar-refractivity contribution in [2.24, 2.45) is 0 Å². The molecule has 0 aromatic carbocycles. The van der Waals surface area contributed by atoms with Gasteiger partial charge in [0.05, 0.1) is 4.90 Å². The van der Waals surface area contributed by atoms with Crippen molar-refractivity contribution in [2.45, 2.75) is 38.3 Å². The van der Waals surface area contributed by atoms with Gasteiger partial charge >= 0.3 is 0 Å². The number of sulfonamides is 1. The smallest absolute Gasteiger partial charge is 0.243 e. The van der Waals surface area contributed by atoms with Crippen molar-refractivity contribution in [3.8, 4) is 0 Å². The van der Waals surface area contributed by atoms with Gasteiger partial charge in [-0.1, -0.05) is 6.92 Å². The van der Waals surface area contributed by atoms with Gasteiger partial charge in [0, 0.05) is 49.0 Å². The van der Waals surface area contributed by atoms with Gasteiger partial charge in [-0.25, -0.2) is 8.42 Å².